The number of unbranched alkanes of at least 4 members (excludes halogenated alkanes) is 2. The Kier molecular flexibility index (Phi) is 9.12. The van der Waals surface area contributed by atoms with E-state index in [1.54, 1.807) is 12.2 Å². The van der Waals surface area contributed by atoms with E-state index in [1.165, 1.54) is 0 Å². The molecule has 0 amide bonds. The van der Waals surface area contributed by atoms with Crippen LogP contribution in [0.4, 0.5) is 9.59 Å². The molecule has 9 heteroatoms. The van der Waals surface area contributed by atoms with Gasteiger partial charge in [-0.3, -0.25) is 9.59 Å². The summed E-state index contributed by atoms with van der Waals surface area (Å²) in [6, 6.07) is 0. The number of ketones is 2. The molecule has 3 saturated carbocycles. The number of allylic oxidation sites excluding steroid dienone is 4. The number of rotatable bonds is 10. The van der Waals surface area contributed by atoms with Crippen molar-refractivity contribution in [3.8, 4) is 0 Å². The fourth-order valence-corrected chi connectivity index (χ4v) is 8.14. The van der Waals surface area contributed by atoms with Crippen molar-refractivity contribution in [2.45, 2.75) is 97.2 Å². The third-order valence-electron chi connectivity index (χ3n) is 10.0. The lowest BCUT2D eigenvalue weighted by atomic mass is 9.46. The summed E-state index contributed by atoms with van der Waals surface area (Å²) in [4.78, 5) is 51.0. The van der Waals surface area contributed by atoms with Crippen LogP contribution in [0.2, 0.25) is 0 Å². The molecule has 0 aromatic carbocycles. The first kappa shape index (κ1) is 30.3. The zero-order valence-electron chi connectivity index (χ0n) is 24.2. The van der Waals surface area contributed by atoms with Gasteiger partial charge in [0, 0.05) is 16.7 Å². The molecule has 0 saturated heterocycles. The van der Waals surface area contributed by atoms with Crippen LogP contribution in [0.1, 0.15) is 85.5 Å². The third-order valence-corrected chi connectivity index (χ3v) is 10.0. The summed E-state index contributed by atoms with van der Waals surface area (Å²) in [7, 11) is 0. The summed E-state index contributed by atoms with van der Waals surface area (Å²) in [5.74, 6) is -0.693. The smallest absolute Gasteiger partial charge is 0.434 e. The minimum atomic E-state index is -1.62. The fourth-order valence-electron chi connectivity index (χ4n) is 8.14. The number of fused-ring (bicyclic) bond motifs is 5. The van der Waals surface area contributed by atoms with E-state index in [0.717, 1.165) is 31.3 Å². The van der Waals surface area contributed by atoms with Gasteiger partial charge in [-0.1, -0.05) is 52.2 Å². The summed E-state index contributed by atoms with van der Waals surface area (Å²) in [6.45, 7) is 7.64. The van der Waals surface area contributed by atoms with E-state index in [-0.39, 0.29) is 49.6 Å². The molecule has 0 spiro atoms. The van der Waals surface area contributed by atoms with Crippen LogP contribution in [0.25, 0.3) is 0 Å². The van der Waals surface area contributed by atoms with E-state index >= 15 is 0 Å². The van der Waals surface area contributed by atoms with Gasteiger partial charge in [-0.05, 0) is 68.9 Å². The van der Waals surface area contributed by atoms with Gasteiger partial charge in [-0.2, -0.15) is 0 Å². The van der Waals surface area contributed by atoms with Gasteiger partial charge in [0.25, 0.3) is 0 Å². The van der Waals surface area contributed by atoms with Crippen LogP contribution in [0.15, 0.2) is 23.8 Å². The largest absolute Gasteiger partial charge is 0.509 e. The van der Waals surface area contributed by atoms with Crippen LogP contribution in [0, 0.1) is 28.6 Å². The number of hydrogen-bond donors (Lipinski definition) is 1. The molecule has 9 nitrogen and oxygen atoms in total. The topological polar surface area (TPSA) is 125 Å². The zero-order chi connectivity index (χ0) is 29.1. The lowest BCUT2D eigenvalue weighted by Gasteiger charge is -2.59. The Morgan fingerprint density at radius 1 is 1.00 bits per heavy atom. The third kappa shape index (κ3) is 5.33. The van der Waals surface area contributed by atoms with Crippen molar-refractivity contribution in [2.24, 2.45) is 28.6 Å². The molecule has 0 aromatic rings. The average Bonchev–Trinajstić information content (AvgIpc) is 3.20. The van der Waals surface area contributed by atoms with Gasteiger partial charge in [0.1, 0.15) is 0 Å². The molecule has 0 heterocycles. The first-order chi connectivity index (χ1) is 19.0. The van der Waals surface area contributed by atoms with Gasteiger partial charge in [-0.25, -0.2) is 9.59 Å². The molecule has 0 aromatic heterocycles. The monoisotopic (exact) mass is 560 g/mol. The van der Waals surface area contributed by atoms with E-state index in [1.807, 2.05) is 26.8 Å². The lowest BCUT2D eigenvalue weighted by Crippen LogP contribution is -2.63. The number of Topliss-reactive ketones (excluding diaryl/α,β-unsaturated/α-hetero) is 1. The molecule has 4 aliphatic rings. The SMILES string of the molecule is CCCCCOC(=O)O[C@]1(C(=O)COC(=O)OCCC)CC[C@H]2[C@@H]3CCC4=CC(=O)C=C[C@]4(C)[C@H]3C(O)C[C@@]21C. The minimum Gasteiger partial charge on any atom is -0.434 e. The summed E-state index contributed by atoms with van der Waals surface area (Å²) in [6.07, 6.45) is 8.25. The van der Waals surface area contributed by atoms with Crippen molar-refractivity contribution in [2.75, 3.05) is 19.8 Å². The number of hydrogen-bond acceptors (Lipinski definition) is 9. The van der Waals surface area contributed by atoms with E-state index in [4.69, 9.17) is 18.9 Å². The number of aliphatic hydroxyl groups is 1. The van der Waals surface area contributed by atoms with Crippen molar-refractivity contribution < 1.29 is 43.2 Å². The van der Waals surface area contributed by atoms with Crippen LogP contribution in [-0.4, -0.2) is 60.5 Å². The molecule has 1 unspecified atom stereocenters. The molecule has 1 N–H and O–H groups in total. The predicted molar refractivity (Wildman–Crippen MR) is 145 cm³/mol. The lowest BCUT2D eigenvalue weighted by molar-refractivity contribution is -0.184. The van der Waals surface area contributed by atoms with Crippen LogP contribution in [0.5, 0.6) is 0 Å². The second-order valence-corrected chi connectivity index (χ2v) is 12.3. The van der Waals surface area contributed by atoms with Crippen molar-refractivity contribution in [3.05, 3.63) is 23.8 Å². The molecule has 0 bridgehead atoms. The molecule has 222 valence electrons. The number of carbonyl (C=O) groups is 4. The standard InChI is InChI=1S/C31H44O9/c1-5-7-8-16-38-28(36)40-31(25(34)19-39-27(35)37-15-6-2)14-12-23-22-10-9-20-17-21(32)11-13-29(20,3)26(22)24(33)18-30(23,31)4/h11,13,17,22-24,26,33H,5-10,12,14-16,18-19H2,1-4H3/t22-,23-,24?,26+,29-,30-,31-/m0/s1. The quantitative estimate of drug-likeness (QED) is 0.273. The molecule has 0 aliphatic heterocycles. The molecule has 4 rings (SSSR count). The first-order valence-electron chi connectivity index (χ1n) is 14.8. The van der Waals surface area contributed by atoms with Crippen molar-refractivity contribution in [1.29, 1.82) is 0 Å². The second kappa shape index (κ2) is 12.0. The number of aliphatic hydroxyl groups excluding tert-OH is 1. The molecule has 40 heavy (non-hydrogen) atoms. The van der Waals surface area contributed by atoms with Gasteiger partial charge >= 0.3 is 12.3 Å². The summed E-state index contributed by atoms with van der Waals surface area (Å²) in [5, 5.41) is 11.7. The maximum Gasteiger partial charge on any atom is 0.509 e. The van der Waals surface area contributed by atoms with Crippen LogP contribution >= 0.6 is 0 Å². The molecule has 4 aliphatic carbocycles. The Labute approximate surface area is 236 Å². The van der Waals surface area contributed by atoms with E-state index < -0.39 is 47.2 Å². The average molecular weight is 561 g/mol. The van der Waals surface area contributed by atoms with Crippen molar-refractivity contribution >= 4 is 23.9 Å². The Morgan fingerprint density at radius 2 is 1.75 bits per heavy atom. The number of ether oxygens (including phenoxy) is 4. The normalized spacial score (nSPS) is 36.0. The molecule has 0 radical (unpaired) electrons. The van der Waals surface area contributed by atoms with Gasteiger partial charge in [0.15, 0.2) is 18.0 Å². The van der Waals surface area contributed by atoms with Gasteiger partial charge in [0.2, 0.25) is 5.78 Å². The predicted octanol–water partition coefficient (Wildman–Crippen LogP) is 5.48. The van der Waals surface area contributed by atoms with Crippen molar-refractivity contribution in [3.63, 3.8) is 0 Å². The van der Waals surface area contributed by atoms with E-state index in [9.17, 15) is 24.3 Å². The Hall–Kier alpha value is -2.68. The summed E-state index contributed by atoms with van der Waals surface area (Å²) in [5.41, 5.74) is -1.95. The van der Waals surface area contributed by atoms with Gasteiger partial charge in [0.05, 0.1) is 19.3 Å². The van der Waals surface area contributed by atoms with Gasteiger partial charge in [-0.15, -0.1) is 0 Å². The highest BCUT2D eigenvalue weighted by atomic mass is 16.7. The molecular weight excluding hydrogens is 516 g/mol. The van der Waals surface area contributed by atoms with E-state index in [2.05, 4.69) is 6.92 Å². The van der Waals surface area contributed by atoms with Crippen LogP contribution in [-0.2, 0) is 28.5 Å². The number of carbonyl (C=O) groups excluding carboxylic acids is 4. The van der Waals surface area contributed by atoms with E-state index in [0.29, 0.717) is 19.3 Å². The van der Waals surface area contributed by atoms with Crippen molar-refractivity contribution in [1.82, 2.24) is 0 Å². The fraction of sp³-hybridized carbons (Fsp3) is 0.742. The second-order valence-electron chi connectivity index (χ2n) is 12.3. The van der Waals surface area contributed by atoms with Crippen LogP contribution < -0.4 is 0 Å². The summed E-state index contributed by atoms with van der Waals surface area (Å²) < 4.78 is 21.4. The Morgan fingerprint density at radius 3 is 2.48 bits per heavy atom. The Bertz CT molecular complexity index is 1060. The zero-order valence-corrected chi connectivity index (χ0v) is 24.2. The minimum absolute atomic E-state index is 0.0325. The maximum absolute atomic E-state index is 13.9. The summed E-state index contributed by atoms with van der Waals surface area (Å²) >= 11 is 0. The highest BCUT2D eigenvalue weighted by Gasteiger charge is 2.70. The molecule has 3 fully saturated rings. The molecular formula is C31H44O9. The highest BCUT2D eigenvalue weighted by molar-refractivity contribution is 6.01. The first-order valence-corrected chi connectivity index (χ1v) is 14.8. The Balaban J connectivity index is 1.62. The highest BCUT2D eigenvalue weighted by Crippen LogP contribution is 2.68. The van der Waals surface area contributed by atoms with Gasteiger partial charge < -0.3 is 24.1 Å². The van der Waals surface area contributed by atoms with Crippen LogP contribution in [0.3, 0.4) is 0 Å². The maximum atomic E-state index is 13.9. The molecule has 7 atom stereocenters.